The van der Waals surface area contributed by atoms with Gasteiger partial charge in [-0.25, -0.2) is 4.98 Å². The van der Waals surface area contributed by atoms with Gasteiger partial charge in [0.05, 0.1) is 11.4 Å². The van der Waals surface area contributed by atoms with Crippen LogP contribution in [0.4, 0.5) is 5.69 Å². The molecule has 29 heavy (non-hydrogen) atoms. The molecular weight excluding hydrogens is 376 g/mol. The van der Waals surface area contributed by atoms with Crippen molar-refractivity contribution >= 4 is 22.7 Å². The molecule has 0 saturated heterocycles. The zero-order chi connectivity index (χ0) is 20.1. The van der Waals surface area contributed by atoms with Gasteiger partial charge in [-0.05, 0) is 29.7 Å². The molecule has 4 aromatic rings. The van der Waals surface area contributed by atoms with E-state index >= 15 is 0 Å². The van der Waals surface area contributed by atoms with E-state index in [0.29, 0.717) is 5.01 Å². The van der Waals surface area contributed by atoms with E-state index in [-0.39, 0.29) is 5.71 Å². The molecule has 0 aliphatic carbocycles. The number of aryl methyl sites for hydroxylation is 1. The number of anilines is 1. The summed E-state index contributed by atoms with van der Waals surface area (Å²) in [5.74, 6) is 0. The molecule has 0 unspecified atom stereocenters. The maximum atomic E-state index is 9.51. The van der Waals surface area contributed by atoms with Crippen molar-refractivity contribution in [1.82, 2.24) is 4.98 Å². The van der Waals surface area contributed by atoms with Gasteiger partial charge in [-0.2, -0.15) is 10.4 Å². The van der Waals surface area contributed by atoms with Crippen molar-refractivity contribution in [2.75, 3.05) is 5.43 Å². The third-order valence-corrected chi connectivity index (χ3v) is 5.38. The number of nitriles is 1. The lowest BCUT2D eigenvalue weighted by Crippen LogP contribution is -2.02. The number of hydrogen-bond donors (Lipinski definition) is 1. The number of hydrogen-bond acceptors (Lipinski definition) is 5. The lowest BCUT2D eigenvalue weighted by molar-refractivity contribution is 1.28. The Labute approximate surface area is 173 Å². The standard InChI is InChI=1S/C24H18N4S/c1-17-7-5-6-10-21(17)27-28-22(15-25)24-26-23(16-29-24)20-13-11-19(12-14-20)18-8-3-2-4-9-18/h2-14,16,27H,1H3/b28-22-. The Hall–Kier alpha value is -3.75. The van der Waals surface area contributed by atoms with E-state index in [2.05, 4.69) is 58.0 Å². The van der Waals surface area contributed by atoms with E-state index in [1.807, 2.05) is 54.8 Å². The summed E-state index contributed by atoms with van der Waals surface area (Å²) in [6.07, 6.45) is 0. The van der Waals surface area contributed by atoms with Crippen LogP contribution < -0.4 is 5.43 Å². The molecule has 0 saturated carbocycles. The zero-order valence-corrected chi connectivity index (χ0v) is 16.6. The van der Waals surface area contributed by atoms with Gasteiger partial charge in [-0.1, -0.05) is 72.8 Å². The third-order valence-electron chi connectivity index (χ3n) is 4.53. The molecule has 4 rings (SSSR count). The summed E-state index contributed by atoms with van der Waals surface area (Å²) in [6, 6.07) is 28.5. The molecule has 0 aliphatic rings. The molecule has 5 heteroatoms. The molecule has 0 spiro atoms. The average molecular weight is 395 g/mol. The third kappa shape index (κ3) is 4.23. The first-order valence-electron chi connectivity index (χ1n) is 9.16. The fraction of sp³-hybridized carbons (Fsp3) is 0.0417. The average Bonchev–Trinajstić information content (AvgIpc) is 3.26. The van der Waals surface area contributed by atoms with Crippen molar-refractivity contribution in [2.45, 2.75) is 6.92 Å². The van der Waals surface area contributed by atoms with E-state index in [1.165, 1.54) is 16.9 Å². The fourth-order valence-corrected chi connectivity index (χ4v) is 3.68. The summed E-state index contributed by atoms with van der Waals surface area (Å²) in [4.78, 5) is 4.61. The van der Waals surface area contributed by atoms with E-state index in [1.54, 1.807) is 0 Å². The van der Waals surface area contributed by atoms with Gasteiger partial charge in [-0.3, -0.25) is 5.43 Å². The van der Waals surface area contributed by atoms with Crippen molar-refractivity contribution in [2.24, 2.45) is 5.10 Å². The fourth-order valence-electron chi connectivity index (χ4n) is 2.91. The highest BCUT2D eigenvalue weighted by Gasteiger charge is 2.11. The predicted molar refractivity (Wildman–Crippen MR) is 120 cm³/mol. The Morgan fingerprint density at radius 1 is 0.897 bits per heavy atom. The normalized spacial score (nSPS) is 11.1. The van der Waals surface area contributed by atoms with Crippen LogP contribution in [0.25, 0.3) is 22.4 Å². The van der Waals surface area contributed by atoms with Gasteiger partial charge in [0, 0.05) is 10.9 Å². The summed E-state index contributed by atoms with van der Waals surface area (Å²) >= 11 is 1.41. The second kappa shape index (κ2) is 8.51. The molecule has 0 amide bonds. The van der Waals surface area contributed by atoms with E-state index < -0.39 is 0 Å². The van der Waals surface area contributed by atoms with Crippen molar-refractivity contribution in [1.29, 1.82) is 5.26 Å². The molecule has 1 heterocycles. The Morgan fingerprint density at radius 3 is 2.28 bits per heavy atom. The monoisotopic (exact) mass is 394 g/mol. The molecule has 1 aromatic heterocycles. The van der Waals surface area contributed by atoms with Crippen LogP contribution in [0.2, 0.25) is 0 Å². The molecule has 0 bridgehead atoms. The van der Waals surface area contributed by atoms with Crippen LogP contribution in [0.3, 0.4) is 0 Å². The minimum absolute atomic E-state index is 0.269. The van der Waals surface area contributed by atoms with Crippen LogP contribution in [0, 0.1) is 18.3 Å². The molecule has 0 fully saturated rings. The van der Waals surface area contributed by atoms with Gasteiger partial charge in [0.15, 0.2) is 10.7 Å². The number of nitrogens with zero attached hydrogens (tertiary/aromatic N) is 3. The predicted octanol–water partition coefficient (Wildman–Crippen LogP) is 6.13. The molecule has 0 atom stereocenters. The van der Waals surface area contributed by atoms with Crippen LogP contribution in [-0.2, 0) is 0 Å². The first-order valence-corrected chi connectivity index (χ1v) is 10.0. The number of nitrogens with one attached hydrogen (secondary N) is 1. The lowest BCUT2D eigenvalue weighted by atomic mass is 10.0. The van der Waals surface area contributed by atoms with Crippen molar-refractivity contribution in [3.63, 3.8) is 0 Å². The quantitative estimate of drug-likeness (QED) is 0.327. The smallest absolute Gasteiger partial charge is 0.196 e. The highest BCUT2D eigenvalue weighted by Crippen LogP contribution is 2.26. The van der Waals surface area contributed by atoms with Crippen molar-refractivity contribution < 1.29 is 0 Å². The van der Waals surface area contributed by atoms with Crippen molar-refractivity contribution in [3.05, 3.63) is 94.8 Å². The lowest BCUT2D eigenvalue weighted by Gasteiger charge is -2.04. The zero-order valence-electron chi connectivity index (χ0n) is 15.8. The highest BCUT2D eigenvalue weighted by molar-refractivity contribution is 7.12. The van der Waals surface area contributed by atoms with Crippen LogP contribution in [-0.4, -0.2) is 10.7 Å². The summed E-state index contributed by atoms with van der Waals surface area (Å²) in [5.41, 5.74) is 9.35. The minimum Gasteiger partial charge on any atom is -0.277 e. The van der Waals surface area contributed by atoms with Crippen LogP contribution in [0.5, 0.6) is 0 Å². The Balaban J connectivity index is 1.55. The molecule has 3 aromatic carbocycles. The molecular formula is C24H18N4S. The number of aromatic nitrogens is 1. The first-order chi connectivity index (χ1) is 14.2. The van der Waals surface area contributed by atoms with Crippen LogP contribution >= 0.6 is 11.3 Å². The topological polar surface area (TPSA) is 61.1 Å². The van der Waals surface area contributed by atoms with Gasteiger partial charge in [0.1, 0.15) is 6.07 Å². The molecule has 0 radical (unpaired) electrons. The van der Waals surface area contributed by atoms with Gasteiger partial charge in [-0.15, -0.1) is 11.3 Å². The summed E-state index contributed by atoms with van der Waals surface area (Å²) in [6.45, 7) is 1.99. The first kappa shape index (κ1) is 18.6. The number of hydrazone groups is 1. The second-order valence-corrected chi connectivity index (χ2v) is 7.34. The highest BCUT2D eigenvalue weighted by atomic mass is 32.1. The van der Waals surface area contributed by atoms with Crippen molar-refractivity contribution in [3.8, 4) is 28.5 Å². The number of thiazole rings is 1. The number of para-hydroxylation sites is 1. The van der Waals surface area contributed by atoms with Gasteiger partial charge >= 0.3 is 0 Å². The van der Waals surface area contributed by atoms with E-state index in [9.17, 15) is 5.26 Å². The van der Waals surface area contributed by atoms with Gasteiger partial charge in [0.25, 0.3) is 0 Å². The second-order valence-electron chi connectivity index (χ2n) is 6.48. The van der Waals surface area contributed by atoms with E-state index in [0.717, 1.165) is 28.1 Å². The SMILES string of the molecule is Cc1ccccc1N/N=C(/C#N)c1nc(-c2ccc(-c3ccccc3)cc2)cs1. The largest absolute Gasteiger partial charge is 0.277 e. The molecule has 1 N–H and O–H groups in total. The summed E-state index contributed by atoms with van der Waals surface area (Å²) < 4.78 is 0. The summed E-state index contributed by atoms with van der Waals surface area (Å²) in [7, 11) is 0. The molecule has 140 valence electrons. The van der Waals surface area contributed by atoms with E-state index in [4.69, 9.17) is 0 Å². The molecule has 4 nitrogen and oxygen atoms in total. The maximum Gasteiger partial charge on any atom is 0.196 e. The summed E-state index contributed by atoms with van der Waals surface area (Å²) in [5, 5.41) is 16.3. The van der Waals surface area contributed by atoms with Gasteiger partial charge in [0.2, 0.25) is 0 Å². The van der Waals surface area contributed by atoms with Crippen LogP contribution in [0.1, 0.15) is 10.6 Å². The Morgan fingerprint density at radius 2 is 1.55 bits per heavy atom. The maximum absolute atomic E-state index is 9.51. The van der Waals surface area contributed by atoms with Gasteiger partial charge < -0.3 is 0 Å². The minimum atomic E-state index is 0.269. The Bertz CT molecular complexity index is 1190. The Kier molecular flexibility index (Phi) is 5.46. The number of rotatable bonds is 5. The van der Waals surface area contributed by atoms with Crippen LogP contribution in [0.15, 0.2) is 89.3 Å². The molecule has 0 aliphatic heterocycles. The number of benzene rings is 3.